The first kappa shape index (κ1) is 17.8. The molecule has 2 aromatic carbocycles. The number of hydrogen-bond donors (Lipinski definition) is 0. The van der Waals surface area contributed by atoms with Crippen molar-refractivity contribution in [3.63, 3.8) is 0 Å². The molecular weight excluding hydrogens is 316 g/mol. The minimum absolute atomic E-state index is 0.0434. The molecule has 1 heterocycles. The maximum Gasteiger partial charge on any atom is 0.0805 e. The summed E-state index contributed by atoms with van der Waals surface area (Å²) >= 11 is 0. The molecule has 0 aliphatic carbocycles. The lowest BCUT2D eigenvalue weighted by Gasteiger charge is -2.15. The standard InChI is InChI=1S/C24H24N2/c1-2-3-6-17-23(22-16-11-18-25-19-22)26-24(20-12-7-4-8-13-20)21-14-9-5-10-15-21/h3-16,18-19,23H,2,17H2,1H3/b6-3-. The van der Waals surface area contributed by atoms with E-state index >= 15 is 0 Å². The minimum Gasteiger partial charge on any atom is -0.276 e. The van der Waals surface area contributed by atoms with Crippen LogP contribution < -0.4 is 0 Å². The van der Waals surface area contributed by atoms with Gasteiger partial charge in [-0.25, -0.2) is 0 Å². The van der Waals surface area contributed by atoms with Gasteiger partial charge in [-0.05, 0) is 24.5 Å². The summed E-state index contributed by atoms with van der Waals surface area (Å²) in [5, 5.41) is 0. The zero-order valence-electron chi connectivity index (χ0n) is 15.1. The first-order chi connectivity index (χ1) is 12.9. The summed E-state index contributed by atoms with van der Waals surface area (Å²) in [5.74, 6) is 0. The number of allylic oxidation sites excluding steroid dienone is 1. The van der Waals surface area contributed by atoms with Gasteiger partial charge in [-0.1, -0.05) is 85.8 Å². The third kappa shape index (κ3) is 4.76. The fourth-order valence-electron chi connectivity index (χ4n) is 2.89. The van der Waals surface area contributed by atoms with Crippen LogP contribution in [0.3, 0.4) is 0 Å². The van der Waals surface area contributed by atoms with Crippen LogP contribution in [0.1, 0.15) is 42.5 Å². The predicted molar refractivity (Wildman–Crippen MR) is 110 cm³/mol. The lowest BCUT2D eigenvalue weighted by atomic mass is 10.00. The van der Waals surface area contributed by atoms with Crippen molar-refractivity contribution in [3.8, 4) is 0 Å². The predicted octanol–water partition coefficient (Wildman–Crippen LogP) is 6.02. The van der Waals surface area contributed by atoms with E-state index in [1.165, 1.54) is 0 Å². The third-order valence-electron chi connectivity index (χ3n) is 4.21. The van der Waals surface area contributed by atoms with E-state index < -0.39 is 0 Å². The Morgan fingerprint density at radius 1 is 0.885 bits per heavy atom. The fraction of sp³-hybridized carbons (Fsp3) is 0.167. The van der Waals surface area contributed by atoms with Crippen LogP contribution in [0.15, 0.2) is 102 Å². The van der Waals surface area contributed by atoms with Crippen molar-refractivity contribution in [2.45, 2.75) is 25.8 Å². The summed E-state index contributed by atoms with van der Waals surface area (Å²) in [6.45, 7) is 2.15. The molecule has 1 aromatic heterocycles. The molecule has 1 unspecified atom stereocenters. The second-order valence-corrected chi connectivity index (χ2v) is 6.13. The van der Waals surface area contributed by atoms with Crippen molar-refractivity contribution in [1.82, 2.24) is 4.98 Å². The Kier molecular flexibility index (Phi) is 6.49. The molecular formula is C24H24N2. The Bertz CT molecular complexity index is 796. The highest BCUT2D eigenvalue weighted by atomic mass is 14.8. The summed E-state index contributed by atoms with van der Waals surface area (Å²) in [6.07, 6.45) is 10.0. The van der Waals surface area contributed by atoms with Crippen LogP contribution in [-0.4, -0.2) is 10.7 Å². The molecule has 26 heavy (non-hydrogen) atoms. The van der Waals surface area contributed by atoms with Gasteiger partial charge in [0.25, 0.3) is 0 Å². The number of aliphatic imine (C=N–C) groups is 1. The van der Waals surface area contributed by atoms with Crippen molar-refractivity contribution >= 4 is 5.71 Å². The van der Waals surface area contributed by atoms with Gasteiger partial charge in [-0.15, -0.1) is 0 Å². The molecule has 1 atom stereocenters. The lowest BCUT2D eigenvalue weighted by molar-refractivity contribution is 0.738. The number of aromatic nitrogens is 1. The molecule has 3 rings (SSSR count). The third-order valence-corrected chi connectivity index (χ3v) is 4.21. The van der Waals surface area contributed by atoms with Crippen LogP contribution in [0.2, 0.25) is 0 Å². The SMILES string of the molecule is CC/C=C\CC(N=C(c1ccccc1)c1ccccc1)c1cccnc1. The molecule has 0 saturated heterocycles. The smallest absolute Gasteiger partial charge is 0.0805 e. The van der Waals surface area contributed by atoms with E-state index in [-0.39, 0.29) is 6.04 Å². The summed E-state index contributed by atoms with van der Waals surface area (Å²) in [5.41, 5.74) is 4.42. The van der Waals surface area contributed by atoms with E-state index in [0.29, 0.717) is 0 Å². The summed E-state index contributed by atoms with van der Waals surface area (Å²) in [6, 6.07) is 24.9. The zero-order chi connectivity index (χ0) is 18.0. The second-order valence-electron chi connectivity index (χ2n) is 6.13. The van der Waals surface area contributed by atoms with Crippen LogP contribution in [0.4, 0.5) is 0 Å². The van der Waals surface area contributed by atoms with Crippen LogP contribution >= 0.6 is 0 Å². The van der Waals surface area contributed by atoms with Crippen molar-refractivity contribution < 1.29 is 0 Å². The second kappa shape index (κ2) is 9.47. The molecule has 130 valence electrons. The Balaban J connectivity index is 2.06. The maximum atomic E-state index is 5.18. The van der Waals surface area contributed by atoms with Gasteiger partial charge in [-0.2, -0.15) is 0 Å². The Labute approximate surface area is 156 Å². The molecule has 0 fully saturated rings. The van der Waals surface area contributed by atoms with Crippen LogP contribution in [0.25, 0.3) is 0 Å². The van der Waals surface area contributed by atoms with Gasteiger partial charge in [0.15, 0.2) is 0 Å². The van der Waals surface area contributed by atoms with Crippen molar-refractivity contribution in [2.75, 3.05) is 0 Å². The van der Waals surface area contributed by atoms with E-state index in [9.17, 15) is 0 Å². The first-order valence-corrected chi connectivity index (χ1v) is 9.12. The lowest BCUT2D eigenvalue weighted by Crippen LogP contribution is -2.07. The molecule has 0 saturated carbocycles. The molecule has 0 N–H and O–H groups in total. The van der Waals surface area contributed by atoms with Gasteiger partial charge < -0.3 is 0 Å². The zero-order valence-corrected chi connectivity index (χ0v) is 15.1. The molecule has 0 spiro atoms. The quantitative estimate of drug-likeness (QED) is 0.381. The van der Waals surface area contributed by atoms with Crippen molar-refractivity contribution in [1.29, 1.82) is 0 Å². The highest BCUT2D eigenvalue weighted by Gasteiger charge is 2.13. The Morgan fingerprint density at radius 3 is 2.08 bits per heavy atom. The average Bonchev–Trinajstić information content (AvgIpc) is 2.72. The van der Waals surface area contributed by atoms with E-state index in [2.05, 4.69) is 78.7 Å². The first-order valence-electron chi connectivity index (χ1n) is 9.12. The molecule has 0 bridgehead atoms. The number of hydrogen-bond acceptors (Lipinski definition) is 2. The monoisotopic (exact) mass is 340 g/mol. The van der Waals surface area contributed by atoms with Gasteiger partial charge in [0, 0.05) is 23.5 Å². The van der Waals surface area contributed by atoms with Crippen molar-refractivity contribution in [2.24, 2.45) is 4.99 Å². The van der Waals surface area contributed by atoms with Crippen LogP contribution in [0.5, 0.6) is 0 Å². The van der Waals surface area contributed by atoms with E-state index in [1.54, 1.807) is 0 Å². The van der Waals surface area contributed by atoms with Crippen LogP contribution in [0, 0.1) is 0 Å². The van der Waals surface area contributed by atoms with Crippen molar-refractivity contribution in [3.05, 3.63) is 114 Å². The molecule has 3 aromatic rings. The highest BCUT2D eigenvalue weighted by molar-refractivity contribution is 6.13. The fourth-order valence-corrected chi connectivity index (χ4v) is 2.89. The molecule has 0 amide bonds. The molecule has 2 heteroatoms. The molecule has 0 aliphatic heterocycles. The summed E-state index contributed by atoms with van der Waals surface area (Å²) in [4.78, 5) is 9.48. The van der Waals surface area contributed by atoms with Gasteiger partial charge in [0.05, 0.1) is 11.8 Å². The van der Waals surface area contributed by atoms with E-state index in [4.69, 9.17) is 4.99 Å². The van der Waals surface area contributed by atoms with Gasteiger partial charge in [0.2, 0.25) is 0 Å². The number of nitrogens with zero attached hydrogens (tertiary/aromatic N) is 2. The molecule has 2 nitrogen and oxygen atoms in total. The largest absolute Gasteiger partial charge is 0.276 e. The van der Waals surface area contributed by atoms with E-state index in [0.717, 1.165) is 35.2 Å². The normalized spacial score (nSPS) is 12.0. The summed E-state index contributed by atoms with van der Waals surface area (Å²) < 4.78 is 0. The van der Waals surface area contributed by atoms with Crippen LogP contribution in [-0.2, 0) is 0 Å². The van der Waals surface area contributed by atoms with Gasteiger partial charge in [0.1, 0.15) is 0 Å². The maximum absolute atomic E-state index is 5.18. The Hall–Kier alpha value is -3.00. The minimum atomic E-state index is 0.0434. The highest BCUT2D eigenvalue weighted by Crippen LogP contribution is 2.24. The molecule has 0 aliphatic rings. The van der Waals surface area contributed by atoms with E-state index in [1.807, 2.05) is 30.6 Å². The number of pyridine rings is 1. The number of benzene rings is 2. The molecule has 0 radical (unpaired) electrons. The summed E-state index contributed by atoms with van der Waals surface area (Å²) in [7, 11) is 0. The Morgan fingerprint density at radius 2 is 1.54 bits per heavy atom. The average molecular weight is 340 g/mol. The van der Waals surface area contributed by atoms with Gasteiger partial charge in [-0.3, -0.25) is 9.98 Å². The number of rotatable bonds is 7. The topological polar surface area (TPSA) is 25.2 Å². The van der Waals surface area contributed by atoms with Gasteiger partial charge >= 0.3 is 0 Å².